The summed E-state index contributed by atoms with van der Waals surface area (Å²) in [6, 6.07) is 6.29. The predicted octanol–water partition coefficient (Wildman–Crippen LogP) is 3.76. The molecule has 0 radical (unpaired) electrons. The van der Waals surface area contributed by atoms with Gasteiger partial charge in [0.15, 0.2) is 4.34 Å². The minimum absolute atomic E-state index is 0.731. The van der Waals surface area contributed by atoms with Crippen LogP contribution in [0.25, 0.3) is 0 Å². The van der Waals surface area contributed by atoms with Gasteiger partial charge in [-0.05, 0) is 37.5 Å². The summed E-state index contributed by atoms with van der Waals surface area (Å²) in [5, 5.41) is 12.0. The molecule has 0 atom stereocenters. The normalized spacial score (nSPS) is 10.6. The molecular formula is C14H19N3OS2. The lowest BCUT2D eigenvalue weighted by Gasteiger charge is -2.09. The molecule has 6 heteroatoms. The predicted molar refractivity (Wildman–Crippen MR) is 86.2 cm³/mol. The molecule has 0 aliphatic heterocycles. The smallest absolute Gasteiger partial charge is 0.206 e. The van der Waals surface area contributed by atoms with Crippen LogP contribution in [0.1, 0.15) is 17.5 Å². The zero-order chi connectivity index (χ0) is 14.4. The fraction of sp³-hybridized carbons (Fsp3) is 0.429. The molecule has 0 fully saturated rings. The fourth-order valence-corrected chi connectivity index (χ4v) is 3.32. The highest BCUT2D eigenvalue weighted by atomic mass is 32.2. The summed E-state index contributed by atoms with van der Waals surface area (Å²) in [5.74, 6) is 1.98. The number of hydrogen-bond acceptors (Lipinski definition) is 6. The van der Waals surface area contributed by atoms with E-state index in [1.807, 2.05) is 7.05 Å². The van der Waals surface area contributed by atoms with E-state index in [-0.39, 0.29) is 0 Å². The Morgan fingerprint density at radius 2 is 2.15 bits per heavy atom. The average Bonchev–Trinajstić information content (AvgIpc) is 2.90. The molecule has 0 saturated carbocycles. The van der Waals surface area contributed by atoms with E-state index in [2.05, 4.69) is 47.6 Å². The van der Waals surface area contributed by atoms with Crippen molar-refractivity contribution in [2.24, 2.45) is 0 Å². The zero-order valence-corrected chi connectivity index (χ0v) is 13.6. The third kappa shape index (κ3) is 4.38. The van der Waals surface area contributed by atoms with Gasteiger partial charge in [0.1, 0.15) is 5.75 Å². The Morgan fingerprint density at radius 1 is 1.30 bits per heavy atom. The number of nitrogens with zero attached hydrogens (tertiary/aromatic N) is 2. The maximum Gasteiger partial charge on any atom is 0.206 e. The maximum absolute atomic E-state index is 5.82. The van der Waals surface area contributed by atoms with Crippen molar-refractivity contribution in [3.8, 4) is 5.75 Å². The van der Waals surface area contributed by atoms with E-state index in [9.17, 15) is 0 Å². The van der Waals surface area contributed by atoms with Gasteiger partial charge in [-0.3, -0.25) is 0 Å². The first-order valence-corrected chi connectivity index (χ1v) is 8.33. The first kappa shape index (κ1) is 15.1. The van der Waals surface area contributed by atoms with Crippen LogP contribution in [-0.4, -0.2) is 29.6 Å². The van der Waals surface area contributed by atoms with E-state index in [4.69, 9.17) is 4.74 Å². The minimum atomic E-state index is 0.731. The Morgan fingerprint density at radius 3 is 2.90 bits per heavy atom. The van der Waals surface area contributed by atoms with Crippen LogP contribution in [0, 0.1) is 13.8 Å². The molecule has 0 spiro atoms. The molecule has 1 aromatic heterocycles. The standard InChI is InChI=1S/C14H19N3OS2/c1-10-5-6-11(2)12(9-10)18-7-4-8-19-14-17-16-13(15-3)20-14/h5-6,9H,4,7-8H2,1-3H3,(H,15,16). The van der Waals surface area contributed by atoms with Crippen molar-refractivity contribution in [2.75, 3.05) is 24.7 Å². The van der Waals surface area contributed by atoms with Crippen molar-refractivity contribution < 1.29 is 4.74 Å². The van der Waals surface area contributed by atoms with Gasteiger partial charge in [-0.25, -0.2) is 0 Å². The Kier molecular flexibility index (Phi) is 5.67. The first-order chi connectivity index (χ1) is 9.69. The summed E-state index contributed by atoms with van der Waals surface area (Å²) >= 11 is 3.30. The molecule has 2 rings (SSSR count). The summed E-state index contributed by atoms with van der Waals surface area (Å²) in [6.07, 6.45) is 0.993. The van der Waals surface area contributed by atoms with Gasteiger partial charge in [-0.1, -0.05) is 35.2 Å². The highest BCUT2D eigenvalue weighted by Gasteiger charge is 2.03. The molecule has 0 bridgehead atoms. The average molecular weight is 309 g/mol. The number of thioether (sulfide) groups is 1. The molecule has 0 saturated heterocycles. The van der Waals surface area contributed by atoms with Crippen LogP contribution in [-0.2, 0) is 0 Å². The quantitative estimate of drug-likeness (QED) is 0.623. The zero-order valence-electron chi connectivity index (χ0n) is 12.0. The molecule has 0 aliphatic rings. The lowest BCUT2D eigenvalue weighted by Crippen LogP contribution is -2.00. The third-order valence-electron chi connectivity index (χ3n) is 2.74. The molecule has 1 heterocycles. The fourth-order valence-electron chi connectivity index (χ4n) is 1.63. The highest BCUT2D eigenvalue weighted by Crippen LogP contribution is 2.25. The third-order valence-corrected chi connectivity index (χ3v) is 4.90. The first-order valence-electron chi connectivity index (χ1n) is 6.53. The van der Waals surface area contributed by atoms with E-state index in [0.717, 1.165) is 34.0 Å². The van der Waals surface area contributed by atoms with Crippen LogP contribution in [0.2, 0.25) is 0 Å². The van der Waals surface area contributed by atoms with Crippen LogP contribution in [0.4, 0.5) is 5.13 Å². The molecule has 0 amide bonds. The Hall–Kier alpha value is -1.27. The number of nitrogens with one attached hydrogen (secondary N) is 1. The Labute approximate surface area is 128 Å². The van der Waals surface area contributed by atoms with Gasteiger partial charge >= 0.3 is 0 Å². The second-order valence-corrected chi connectivity index (χ2v) is 6.76. The molecule has 4 nitrogen and oxygen atoms in total. The summed E-state index contributed by atoms with van der Waals surface area (Å²) in [6.45, 7) is 4.88. The van der Waals surface area contributed by atoms with E-state index in [0.29, 0.717) is 0 Å². The molecule has 0 unspecified atom stereocenters. The lowest BCUT2D eigenvalue weighted by molar-refractivity contribution is 0.316. The highest BCUT2D eigenvalue weighted by molar-refractivity contribution is 8.01. The number of hydrogen-bond donors (Lipinski definition) is 1. The van der Waals surface area contributed by atoms with E-state index < -0.39 is 0 Å². The van der Waals surface area contributed by atoms with Crippen LogP contribution in [0.15, 0.2) is 22.5 Å². The van der Waals surface area contributed by atoms with Gasteiger partial charge in [0.25, 0.3) is 0 Å². The maximum atomic E-state index is 5.82. The molecule has 1 N–H and O–H groups in total. The Balaban J connectivity index is 1.70. The van der Waals surface area contributed by atoms with Crippen molar-refractivity contribution >= 4 is 28.2 Å². The van der Waals surface area contributed by atoms with E-state index >= 15 is 0 Å². The van der Waals surface area contributed by atoms with Crippen LogP contribution in [0.5, 0.6) is 5.75 Å². The van der Waals surface area contributed by atoms with Gasteiger partial charge in [-0.15, -0.1) is 10.2 Å². The van der Waals surface area contributed by atoms with Crippen molar-refractivity contribution in [3.63, 3.8) is 0 Å². The molecule has 0 aliphatic carbocycles. The van der Waals surface area contributed by atoms with Gasteiger partial charge < -0.3 is 10.1 Å². The summed E-state index contributed by atoms with van der Waals surface area (Å²) in [5.41, 5.74) is 2.42. The molecule has 1 aromatic carbocycles. The van der Waals surface area contributed by atoms with Gasteiger partial charge in [0, 0.05) is 12.8 Å². The monoisotopic (exact) mass is 309 g/mol. The SMILES string of the molecule is CNc1nnc(SCCCOc2cc(C)ccc2C)s1. The molecule has 20 heavy (non-hydrogen) atoms. The molecule has 108 valence electrons. The lowest BCUT2D eigenvalue weighted by atomic mass is 10.1. The number of rotatable bonds is 7. The van der Waals surface area contributed by atoms with Crippen LogP contribution >= 0.6 is 23.1 Å². The number of anilines is 1. The molecule has 2 aromatic rings. The van der Waals surface area contributed by atoms with Crippen molar-refractivity contribution in [1.82, 2.24) is 10.2 Å². The van der Waals surface area contributed by atoms with Crippen molar-refractivity contribution in [3.05, 3.63) is 29.3 Å². The number of aromatic nitrogens is 2. The van der Waals surface area contributed by atoms with E-state index in [1.54, 1.807) is 23.1 Å². The second-order valence-electron chi connectivity index (χ2n) is 4.44. The van der Waals surface area contributed by atoms with E-state index in [1.165, 1.54) is 11.1 Å². The van der Waals surface area contributed by atoms with Crippen molar-refractivity contribution in [2.45, 2.75) is 24.6 Å². The largest absolute Gasteiger partial charge is 0.493 e. The number of benzene rings is 1. The van der Waals surface area contributed by atoms with Gasteiger partial charge in [-0.2, -0.15) is 0 Å². The van der Waals surface area contributed by atoms with Crippen LogP contribution in [0.3, 0.4) is 0 Å². The minimum Gasteiger partial charge on any atom is -0.493 e. The topological polar surface area (TPSA) is 47.0 Å². The number of ether oxygens (including phenoxy) is 1. The van der Waals surface area contributed by atoms with Crippen LogP contribution < -0.4 is 10.1 Å². The summed E-state index contributed by atoms with van der Waals surface area (Å²) < 4.78 is 6.82. The van der Waals surface area contributed by atoms with Gasteiger partial charge in [0.05, 0.1) is 6.61 Å². The van der Waals surface area contributed by atoms with Crippen molar-refractivity contribution in [1.29, 1.82) is 0 Å². The summed E-state index contributed by atoms with van der Waals surface area (Å²) in [7, 11) is 1.85. The van der Waals surface area contributed by atoms with Gasteiger partial charge in [0.2, 0.25) is 5.13 Å². The summed E-state index contributed by atoms with van der Waals surface area (Å²) in [4.78, 5) is 0. The number of aryl methyl sites for hydroxylation is 2. The Bertz CT molecular complexity index is 557. The second kappa shape index (κ2) is 7.50. The molecular weight excluding hydrogens is 290 g/mol.